The maximum absolute atomic E-state index is 4.21. The third kappa shape index (κ3) is 1.97. The number of benzene rings is 2. The van der Waals surface area contributed by atoms with Crippen molar-refractivity contribution >= 4 is 0 Å². The highest BCUT2D eigenvalue weighted by Crippen LogP contribution is 2.20. The van der Waals surface area contributed by atoms with Gasteiger partial charge < -0.3 is 0 Å². The fraction of sp³-hybridized carbons (Fsp3) is 0. The molecule has 0 aliphatic carbocycles. The molecule has 0 unspecified atom stereocenters. The van der Waals surface area contributed by atoms with Crippen LogP contribution in [0.25, 0.3) is 16.8 Å². The molecule has 0 radical (unpaired) electrons. The van der Waals surface area contributed by atoms with Crippen LogP contribution in [0, 0.1) is 0 Å². The molecular weight excluding hydrogens is 208 g/mol. The molecule has 0 amide bonds. The van der Waals surface area contributed by atoms with Crippen LogP contribution in [0.2, 0.25) is 0 Å². The number of nitrogens with zero attached hydrogens (tertiary/aromatic N) is 2. The summed E-state index contributed by atoms with van der Waals surface area (Å²) >= 11 is 0. The Balaban J connectivity index is 1.96. The van der Waals surface area contributed by atoms with Crippen molar-refractivity contribution in [2.75, 3.05) is 0 Å². The summed E-state index contributed by atoms with van der Waals surface area (Å²) in [6, 6.07) is 20.7. The highest BCUT2D eigenvalue weighted by Gasteiger charge is 1.98. The minimum Gasteiger partial charge on any atom is -0.241 e. The van der Waals surface area contributed by atoms with E-state index in [2.05, 4.69) is 53.6 Å². The van der Waals surface area contributed by atoms with Crippen LogP contribution in [-0.2, 0) is 0 Å². The Morgan fingerprint density at radius 3 is 2.06 bits per heavy atom. The molecule has 0 saturated heterocycles. The van der Waals surface area contributed by atoms with Crippen LogP contribution in [0.1, 0.15) is 0 Å². The SMILES string of the molecule is c1ccc(-c2ccc(-n3cccn3)cc2)cc1. The molecule has 2 heteroatoms. The van der Waals surface area contributed by atoms with E-state index in [1.807, 2.05) is 23.0 Å². The Morgan fingerprint density at radius 2 is 1.41 bits per heavy atom. The van der Waals surface area contributed by atoms with E-state index >= 15 is 0 Å². The summed E-state index contributed by atoms with van der Waals surface area (Å²) in [7, 11) is 0. The molecule has 0 saturated carbocycles. The molecule has 0 spiro atoms. The topological polar surface area (TPSA) is 17.8 Å². The van der Waals surface area contributed by atoms with Gasteiger partial charge in [0, 0.05) is 12.4 Å². The zero-order valence-corrected chi connectivity index (χ0v) is 9.32. The smallest absolute Gasteiger partial charge is 0.0645 e. The lowest BCUT2D eigenvalue weighted by atomic mass is 10.1. The van der Waals surface area contributed by atoms with E-state index in [1.54, 1.807) is 6.20 Å². The van der Waals surface area contributed by atoms with Crippen molar-refractivity contribution in [1.29, 1.82) is 0 Å². The highest BCUT2D eigenvalue weighted by atomic mass is 15.3. The van der Waals surface area contributed by atoms with Gasteiger partial charge in [-0.25, -0.2) is 4.68 Å². The summed E-state index contributed by atoms with van der Waals surface area (Å²) < 4.78 is 1.86. The van der Waals surface area contributed by atoms with Gasteiger partial charge in [-0.2, -0.15) is 5.10 Å². The summed E-state index contributed by atoms with van der Waals surface area (Å²) in [5.74, 6) is 0. The summed E-state index contributed by atoms with van der Waals surface area (Å²) in [4.78, 5) is 0. The van der Waals surface area contributed by atoms with E-state index in [0.29, 0.717) is 0 Å². The van der Waals surface area contributed by atoms with Crippen molar-refractivity contribution < 1.29 is 0 Å². The predicted molar refractivity (Wildman–Crippen MR) is 69.0 cm³/mol. The monoisotopic (exact) mass is 220 g/mol. The Hall–Kier alpha value is -2.35. The summed E-state index contributed by atoms with van der Waals surface area (Å²) in [6.45, 7) is 0. The summed E-state index contributed by atoms with van der Waals surface area (Å²) in [5, 5.41) is 4.21. The summed E-state index contributed by atoms with van der Waals surface area (Å²) in [5.41, 5.74) is 3.54. The van der Waals surface area contributed by atoms with Crippen LogP contribution in [0.3, 0.4) is 0 Å². The van der Waals surface area contributed by atoms with Gasteiger partial charge in [0.2, 0.25) is 0 Å². The molecule has 2 nitrogen and oxygen atoms in total. The molecule has 0 bridgehead atoms. The second kappa shape index (κ2) is 4.26. The maximum Gasteiger partial charge on any atom is 0.0645 e. The average molecular weight is 220 g/mol. The molecule has 1 heterocycles. The summed E-state index contributed by atoms with van der Waals surface area (Å²) in [6.07, 6.45) is 3.72. The molecule has 2 aromatic carbocycles. The lowest BCUT2D eigenvalue weighted by molar-refractivity contribution is 0.881. The highest BCUT2D eigenvalue weighted by molar-refractivity contribution is 5.64. The van der Waals surface area contributed by atoms with Gasteiger partial charge in [-0.1, -0.05) is 42.5 Å². The first-order chi connectivity index (χ1) is 8.43. The van der Waals surface area contributed by atoms with Gasteiger partial charge in [-0.15, -0.1) is 0 Å². The van der Waals surface area contributed by atoms with Crippen molar-refractivity contribution in [3.63, 3.8) is 0 Å². The standard InChI is InChI=1S/C15H12N2/c1-2-5-13(6-3-1)14-7-9-15(10-8-14)17-12-4-11-16-17/h1-12H. The largest absolute Gasteiger partial charge is 0.241 e. The predicted octanol–water partition coefficient (Wildman–Crippen LogP) is 3.54. The van der Waals surface area contributed by atoms with Crippen LogP contribution in [0.4, 0.5) is 0 Å². The molecule has 0 aliphatic heterocycles. The first-order valence-electron chi connectivity index (χ1n) is 5.59. The minimum atomic E-state index is 1.08. The molecule has 17 heavy (non-hydrogen) atoms. The average Bonchev–Trinajstić information content (AvgIpc) is 2.94. The van der Waals surface area contributed by atoms with Crippen molar-refractivity contribution in [1.82, 2.24) is 9.78 Å². The molecule has 0 N–H and O–H groups in total. The Labute approximate surface area is 100 Å². The number of rotatable bonds is 2. The number of hydrogen-bond acceptors (Lipinski definition) is 1. The van der Waals surface area contributed by atoms with Gasteiger partial charge >= 0.3 is 0 Å². The quantitative estimate of drug-likeness (QED) is 0.646. The van der Waals surface area contributed by atoms with E-state index in [4.69, 9.17) is 0 Å². The van der Waals surface area contributed by atoms with Crippen molar-refractivity contribution in [3.05, 3.63) is 73.1 Å². The molecule has 0 fully saturated rings. The third-order valence-electron chi connectivity index (χ3n) is 2.74. The fourth-order valence-electron chi connectivity index (χ4n) is 1.86. The normalized spacial score (nSPS) is 10.4. The first-order valence-corrected chi connectivity index (χ1v) is 5.59. The van der Waals surface area contributed by atoms with E-state index in [9.17, 15) is 0 Å². The van der Waals surface area contributed by atoms with Crippen LogP contribution in [0.5, 0.6) is 0 Å². The lowest BCUT2D eigenvalue weighted by Gasteiger charge is -2.04. The van der Waals surface area contributed by atoms with Gasteiger partial charge in [-0.3, -0.25) is 0 Å². The van der Waals surface area contributed by atoms with Gasteiger partial charge in [0.25, 0.3) is 0 Å². The number of aromatic nitrogens is 2. The zero-order valence-electron chi connectivity index (χ0n) is 9.32. The van der Waals surface area contributed by atoms with Crippen LogP contribution in [0.15, 0.2) is 73.1 Å². The lowest BCUT2D eigenvalue weighted by Crippen LogP contribution is -1.93. The zero-order chi connectivity index (χ0) is 11.5. The van der Waals surface area contributed by atoms with Gasteiger partial charge in [0.05, 0.1) is 5.69 Å². The second-order valence-corrected chi connectivity index (χ2v) is 3.86. The Bertz CT molecular complexity index is 581. The molecule has 3 rings (SSSR count). The molecular formula is C15H12N2. The fourth-order valence-corrected chi connectivity index (χ4v) is 1.86. The van der Waals surface area contributed by atoms with Gasteiger partial charge in [0.15, 0.2) is 0 Å². The maximum atomic E-state index is 4.21. The third-order valence-corrected chi connectivity index (χ3v) is 2.74. The second-order valence-electron chi connectivity index (χ2n) is 3.86. The van der Waals surface area contributed by atoms with E-state index in [1.165, 1.54) is 11.1 Å². The van der Waals surface area contributed by atoms with E-state index in [0.717, 1.165) is 5.69 Å². The number of hydrogen-bond donors (Lipinski definition) is 0. The molecule has 0 aliphatic rings. The Kier molecular flexibility index (Phi) is 2.47. The van der Waals surface area contributed by atoms with E-state index in [-0.39, 0.29) is 0 Å². The molecule has 1 aromatic heterocycles. The van der Waals surface area contributed by atoms with Crippen LogP contribution < -0.4 is 0 Å². The van der Waals surface area contributed by atoms with Crippen LogP contribution >= 0.6 is 0 Å². The van der Waals surface area contributed by atoms with Gasteiger partial charge in [-0.05, 0) is 29.3 Å². The minimum absolute atomic E-state index is 1.08. The van der Waals surface area contributed by atoms with Crippen LogP contribution in [-0.4, -0.2) is 9.78 Å². The first kappa shape index (κ1) is 9.85. The van der Waals surface area contributed by atoms with Crippen molar-refractivity contribution in [3.8, 4) is 16.8 Å². The van der Waals surface area contributed by atoms with Crippen molar-refractivity contribution in [2.45, 2.75) is 0 Å². The van der Waals surface area contributed by atoms with Crippen molar-refractivity contribution in [2.24, 2.45) is 0 Å². The molecule has 0 atom stereocenters. The van der Waals surface area contributed by atoms with E-state index < -0.39 is 0 Å². The molecule has 82 valence electrons. The Morgan fingerprint density at radius 1 is 0.706 bits per heavy atom. The molecule has 3 aromatic rings. The van der Waals surface area contributed by atoms with Gasteiger partial charge in [0.1, 0.15) is 0 Å².